The van der Waals surface area contributed by atoms with Crippen molar-refractivity contribution in [2.75, 3.05) is 23.7 Å². The number of amides is 2. The summed E-state index contributed by atoms with van der Waals surface area (Å²) in [7, 11) is -3.98. The van der Waals surface area contributed by atoms with Crippen LogP contribution in [-0.4, -0.2) is 50.5 Å². The van der Waals surface area contributed by atoms with Gasteiger partial charge in [-0.2, -0.15) is 0 Å². The summed E-state index contributed by atoms with van der Waals surface area (Å²) in [5, 5.41) is 3.92. The molecule has 220 valence electrons. The number of benzene rings is 3. The molecule has 3 aromatic rings. The van der Waals surface area contributed by atoms with Crippen LogP contribution in [0, 0.1) is 5.92 Å². The minimum absolute atomic E-state index is 0.109. The summed E-state index contributed by atoms with van der Waals surface area (Å²) in [6.45, 7) is 3.53. The van der Waals surface area contributed by atoms with Crippen molar-refractivity contribution >= 4 is 73.9 Å². The highest BCUT2D eigenvalue weighted by Gasteiger charge is 2.34. The number of rotatable bonds is 12. The van der Waals surface area contributed by atoms with Crippen LogP contribution in [0.2, 0.25) is 20.1 Å². The molecule has 1 unspecified atom stereocenters. The minimum Gasteiger partial charge on any atom is -0.354 e. The van der Waals surface area contributed by atoms with E-state index in [1.54, 1.807) is 18.2 Å². The predicted octanol–water partition coefficient (Wildman–Crippen LogP) is 6.48. The smallest absolute Gasteiger partial charge is 0.244 e. The number of carbonyl (C=O) groups excluding carboxylic acids is 2. The third-order valence-electron chi connectivity index (χ3n) is 6.16. The molecule has 0 heterocycles. The Morgan fingerprint density at radius 1 is 0.878 bits per heavy atom. The number of carbonyl (C=O) groups is 2. The Morgan fingerprint density at radius 2 is 1.46 bits per heavy atom. The van der Waals surface area contributed by atoms with Crippen molar-refractivity contribution in [3.05, 3.63) is 97.9 Å². The number of nitrogens with one attached hydrogen (secondary N) is 1. The number of anilines is 1. The number of hydrogen-bond donors (Lipinski definition) is 1. The zero-order valence-corrected chi connectivity index (χ0v) is 26.6. The van der Waals surface area contributed by atoms with Crippen LogP contribution in [0.4, 0.5) is 5.69 Å². The van der Waals surface area contributed by atoms with Crippen molar-refractivity contribution in [2.45, 2.75) is 32.9 Å². The van der Waals surface area contributed by atoms with E-state index in [1.807, 2.05) is 44.2 Å². The molecule has 0 aliphatic carbocycles. The van der Waals surface area contributed by atoms with E-state index in [-0.39, 0.29) is 34.6 Å². The van der Waals surface area contributed by atoms with Crippen LogP contribution in [0.5, 0.6) is 0 Å². The van der Waals surface area contributed by atoms with Gasteiger partial charge in [-0.1, -0.05) is 96.6 Å². The largest absolute Gasteiger partial charge is 0.354 e. The van der Waals surface area contributed by atoms with Gasteiger partial charge in [0.1, 0.15) is 12.6 Å². The third-order valence-corrected chi connectivity index (χ3v) is 8.45. The highest BCUT2D eigenvalue weighted by molar-refractivity contribution is 7.92. The topological polar surface area (TPSA) is 86.8 Å². The van der Waals surface area contributed by atoms with E-state index in [1.165, 1.54) is 23.1 Å². The lowest BCUT2D eigenvalue weighted by Crippen LogP contribution is -2.53. The first-order chi connectivity index (χ1) is 19.3. The molecule has 1 N–H and O–H groups in total. The van der Waals surface area contributed by atoms with Crippen molar-refractivity contribution in [3.63, 3.8) is 0 Å². The fraction of sp³-hybridized carbons (Fsp3) is 0.310. The maximum Gasteiger partial charge on any atom is 0.244 e. The first-order valence-electron chi connectivity index (χ1n) is 12.7. The molecule has 3 rings (SSSR count). The summed E-state index contributed by atoms with van der Waals surface area (Å²) in [5.41, 5.74) is 1.34. The van der Waals surface area contributed by atoms with Crippen LogP contribution in [0.25, 0.3) is 0 Å². The number of hydrogen-bond acceptors (Lipinski definition) is 4. The molecule has 41 heavy (non-hydrogen) atoms. The van der Waals surface area contributed by atoms with Gasteiger partial charge in [0.25, 0.3) is 0 Å². The molecule has 7 nitrogen and oxygen atoms in total. The lowest BCUT2D eigenvalue weighted by atomic mass is 10.0. The number of halogens is 4. The monoisotopic (exact) mass is 657 g/mol. The maximum atomic E-state index is 14.1. The van der Waals surface area contributed by atoms with Gasteiger partial charge in [0.05, 0.1) is 11.9 Å². The molecule has 0 fully saturated rings. The van der Waals surface area contributed by atoms with Crippen molar-refractivity contribution in [2.24, 2.45) is 5.92 Å². The van der Waals surface area contributed by atoms with Crippen LogP contribution >= 0.6 is 46.4 Å². The molecule has 1 atom stereocenters. The van der Waals surface area contributed by atoms with Crippen molar-refractivity contribution in [1.82, 2.24) is 10.2 Å². The average Bonchev–Trinajstić information content (AvgIpc) is 2.88. The second-order valence-electron chi connectivity index (χ2n) is 9.96. The number of sulfonamides is 1. The second kappa shape index (κ2) is 14.6. The number of nitrogens with zero attached hydrogens (tertiary/aromatic N) is 2. The van der Waals surface area contributed by atoms with E-state index >= 15 is 0 Å². The third kappa shape index (κ3) is 9.51. The fourth-order valence-electron chi connectivity index (χ4n) is 4.13. The van der Waals surface area contributed by atoms with E-state index in [9.17, 15) is 18.0 Å². The predicted molar refractivity (Wildman–Crippen MR) is 167 cm³/mol. The van der Waals surface area contributed by atoms with Gasteiger partial charge >= 0.3 is 0 Å². The Hall–Kier alpha value is -2.49. The molecule has 0 aromatic heterocycles. The molecule has 0 bridgehead atoms. The Kier molecular flexibility index (Phi) is 11.8. The van der Waals surface area contributed by atoms with Crippen LogP contribution in [-0.2, 0) is 32.6 Å². The normalized spacial score (nSPS) is 12.2. The summed E-state index contributed by atoms with van der Waals surface area (Å²) < 4.78 is 26.7. The average molecular weight is 659 g/mol. The van der Waals surface area contributed by atoms with Gasteiger partial charge < -0.3 is 10.2 Å². The van der Waals surface area contributed by atoms with Crippen LogP contribution in [0.1, 0.15) is 25.0 Å². The molecule has 0 aliphatic heterocycles. The second-order valence-corrected chi connectivity index (χ2v) is 13.6. The quantitative estimate of drug-likeness (QED) is 0.241. The van der Waals surface area contributed by atoms with Gasteiger partial charge in [0.15, 0.2) is 0 Å². The van der Waals surface area contributed by atoms with Gasteiger partial charge in [-0.05, 0) is 41.8 Å². The van der Waals surface area contributed by atoms with Crippen molar-refractivity contribution in [3.8, 4) is 0 Å². The van der Waals surface area contributed by atoms with E-state index in [0.717, 1.165) is 16.1 Å². The molecule has 0 radical (unpaired) electrons. The summed E-state index contributed by atoms with van der Waals surface area (Å²) in [6, 6.07) is 17.4. The Balaban J connectivity index is 2.11. The Morgan fingerprint density at radius 3 is 2.00 bits per heavy atom. The van der Waals surface area contributed by atoms with E-state index in [2.05, 4.69) is 5.32 Å². The zero-order valence-electron chi connectivity index (χ0n) is 22.8. The molecule has 0 saturated carbocycles. The van der Waals surface area contributed by atoms with Gasteiger partial charge in [-0.3, -0.25) is 13.9 Å². The summed E-state index contributed by atoms with van der Waals surface area (Å²) in [5.74, 6) is -0.884. The fourth-order valence-corrected chi connectivity index (χ4v) is 5.99. The molecular weight excluding hydrogens is 628 g/mol. The lowest BCUT2D eigenvalue weighted by molar-refractivity contribution is -0.140. The SMILES string of the molecule is CC(C)CNC(=O)C(Cc1ccccc1)N(Cc1c(Cl)cccc1Cl)C(=O)CN(c1cc(Cl)cc(Cl)c1)S(C)(=O)=O. The van der Waals surface area contributed by atoms with E-state index in [4.69, 9.17) is 46.4 Å². The van der Waals surface area contributed by atoms with Gasteiger partial charge in [-0.15, -0.1) is 0 Å². The first-order valence-corrected chi connectivity index (χ1v) is 16.1. The molecule has 0 aliphatic rings. The van der Waals surface area contributed by atoms with Gasteiger partial charge in [-0.25, -0.2) is 8.42 Å². The highest BCUT2D eigenvalue weighted by atomic mass is 35.5. The molecule has 3 aromatic carbocycles. The zero-order chi connectivity index (χ0) is 30.3. The minimum atomic E-state index is -3.98. The van der Waals surface area contributed by atoms with E-state index in [0.29, 0.717) is 22.2 Å². The van der Waals surface area contributed by atoms with Gasteiger partial charge in [0.2, 0.25) is 21.8 Å². The van der Waals surface area contributed by atoms with E-state index < -0.39 is 34.4 Å². The Labute approximate surface area is 261 Å². The van der Waals surface area contributed by atoms with Crippen molar-refractivity contribution in [1.29, 1.82) is 0 Å². The standard InChI is InChI=1S/C29H31Cl4N3O4S/c1-19(2)16-34-29(38)27(12-20-8-5-4-6-9-20)35(17-24-25(32)10-7-11-26(24)33)28(37)18-36(41(3,39)40)23-14-21(30)13-22(31)15-23/h4-11,13-15,19,27H,12,16-18H2,1-3H3,(H,34,38). The van der Waals surface area contributed by atoms with Gasteiger partial charge in [0, 0.05) is 45.2 Å². The molecule has 2 amide bonds. The maximum absolute atomic E-state index is 14.1. The highest BCUT2D eigenvalue weighted by Crippen LogP contribution is 2.29. The summed E-state index contributed by atoms with van der Waals surface area (Å²) in [6.07, 6.45) is 1.14. The molecule has 12 heteroatoms. The summed E-state index contributed by atoms with van der Waals surface area (Å²) in [4.78, 5) is 29.1. The lowest BCUT2D eigenvalue weighted by Gasteiger charge is -2.34. The molecular formula is C29H31Cl4N3O4S. The molecule has 0 saturated heterocycles. The van der Waals surface area contributed by atoms with Crippen LogP contribution in [0.15, 0.2) is 66.7 Å². The van der Waals surface area contributed by atoms with Crippen LogP contribution in [0.3, 0.4) is 0 Å². The summed E-state index contributed by atoms with van der Waals surface area (Å²) >= 11 is 25.2. The van der Waals surface area contributed by atoms with Crippen molar-refractivity contribution < 1.29 is 18.0 Å². The Bertz CT molecular complexity index is 1450. The first kappa shape index (κ1) is 33.0. The van der Waals surface area contributed by atoms with Crippen LogP contribution < -0.4 is 9.62 Å². The molecule has 0 spiro atoms.